The van der Waals surface area contributed by atoms with Gasteiger partial charge in [0.25, 0.3) is 0 Å². The molecule has 138 valence electrons. The molecule has 0 bridgehead atoms. The van der Waals surface area contributed by atoms with Crippen molar-refractivity contribution in [3.63, 3.8) is 0 Å². The Morgan fingerprint density at radius 2 is 2.04 bits per heavy atom. The zero-order valence-electron chi connectivity index (χ0n) is 14.5. The fourth-order valence-electron chi connectivity index (χ4n) is 2.19. The molecule has 0 fully saturated rings. The van der Waals surface area contributed by atoms with Crippen molar-refractivity contribution >= 4 is 45.5 Å². The van der Waals surface area contributed by atoms with Gasteiger partial charge in [0.15, 0.2) is 0 Å². The van der Waals surface area contributed by atoms with Gasteiger partial charge >= 0.3 is 11.9 Å². The molecule has 0 aliphatic rings. The highest BCUT2D eigenvalue weighted by Gasteiger charge is 2.27. The van der Waals surface area contributed by atoms with Gasteiger partial charge in [-0.3, -0.25) is 4.79 Å². The van der Waals surface area contributed by atoms with Crippen LogP contribution in [0.4, 0.5) is 5.00 Å². The van der Waals surface area contributed by atoms with Gasteiger partial charge in [-0.25, -0.2) is 9.59 Å². The first-order chi connectivity index (χ1) is 12.5. The molecule has 0 saturated heterocycles. The van der Waals surface area contributed by atoms with Crippen molar-refractivity contribution in [3.8, 4) is 0 Å². The fourth-order valence-corrected chi connectivity index (χ4v) is 4.00. The Kier molecular flexibility index (Phi) is 7.11. The van der Waals surface area contributed by atoms with E-state index in [0.717, 1.165) is 16.2 Å². The predicted molar refractivity (Wildman–Crippen MR) is 102 cm³/mol. The van der Waals surface area contributed by atoms with Crippen LogP contribution in [0.2, 0.25) is 0 Å². The van der Waals surface area contributed by atoms with E-state index < -0.39 is 11.9 Å². The van der Waals surface area contributed by atoms with Crippen LogP contribution >= 0.6 is 22.7 Å². The van der Waals surface area contributed by atoms with Crippen LogP contribution in [0.1, 0.15) is 37.4 Å². The lowest BCUT2D eigenvalue weighted by Gasteiger charge is -2.06. The summed E-state index contributed by atoms with van der Waals surface area (Å²) in [5.41, 5.74) is 0.607. The van der Waals surface area contributed by atoms with Gasteiger partial charge < -0.3 is 14.8 Å². The van der Waals surface area contributed by atoms with Gasteiger partial charge in [0, 0.05) is 4.88 Å². The number of esters is 2. The van der Waals surface area contributed by atoms with Crippen LogP contribution < -0.4 is 5.32 Å². The molecule has 2 heterocycles. The third-order valence-electron chi connectivity index (χ3n) is 3.31. The lowest BCUT2D eigenvalue weighted by Crippen LogP contribution is -2.16. The number of anilines is 1. The summed E-state index contributed by atoms with van der Waals surface area (Å²) >= 11 is 2.47. The van der Waals surface area contributed by atoms with Gasteiger partial charge in [-0.1, -0.05) is 18.7 Å². The van der Waals surface area contributed by atoms with E-state index in [-0.39, 0.29) is 41.0 Å². The monoisotopic (exact) mass is 393 g/mol. The third-order valence-corrected chi connectivity index (χ3v) is 5.38. The second-order valence-corrected chi connectivity index (χ2v) is 7.23. The molecule has 0 radical (unpaired) electrons. The number of ether oxygens (including phenoxy) is 2. The number of nitrogens with one attached hydrogen (secondary N) is 1. The highest BCUT2D eigenvalue weighted by atomic mass is 32.1. The van der Waals surface area contributed by atoms with Crippen molar-refractivity contribution < 1.29 is 23.9 Å². The average Bonchev–Trinajstić information content (AvgIpc) is 3.20. The molecule has 2 aromatic rings. The van der Waals surface area contributed by atoms with E-state index in [2.05, 4.69) is 11.9 Å². The number of rotatable bonds is 8. The molecule has 1 amide bonds. The molecule has 0 aliphatic heterocycles. The fraction of sp³-hybridized carbons (Fsp3) is 0.278. The van der Waals surface area contributed by atoms with Crippen LogP contribution in [0.25, 0.3) is 0 Å². The summed E-state index contributed by atoms with van der Waals surface area (Å²) in [5, 5.41) is 4.89. The first kappa shape index (κ1) is 19.9. The van der Waals surface area contributed by atoms with E-state index in [4.69, 9.17) is 9.47 Å². The van der Waals surface area contributed by atoms with Gasteiger partial charge in [-0.15, -0.1) is 22.7 Å². The number of thiophene rings is 2. The molecule has 0 atom stereocenters. The second-order valence-electron chi connectivity index (χ2n) is 5.17. The molecule has 6 nitrogen and oxygen atoms in total. The van der Waals surface area contributed by atoms with E-state index in [1.54, 1.807) is 13.8 Å². The number of hydrogen-bond acceptors (Lipinski definition) is 7. The molecule has 26 heavy (non-hydrogen) atoms. The Morgan fingerprint density at radius 3 is 2.65 bits per heavy atom. The van der Waals surface area contributed by atoms with E-state index in [1.807, 2.05) is 17.5 Å². The van der Waals surface area contributed by atoms with Gasteiger partial charge in [0.2, 0.25) is 5.91 Å². The summed E-state index contributed by atoms with van der Waals surface area (Å²) < 4.78 is 10.1. The Labute approximate surface area is 159 Å². The molecule has 1 N–H and O–H groups in total. The van der Waals surface area contributed by atoms with Crippen molar-refractivity contribution in [1.29, 1.82) is 0 Å². The largest absolute Gasteiger partial charge is 0.462 e. The standard InChI is InChI=1S/C18H19NO5S2/c1-4-8-24-18(22)15-11(3)14(17(21)23-5-2)16(26-15)19-13(20)10-12-7-6-9-25-12/h4,6-7,9H,1,5,8,10H2,2-3H3,(H,19,20). The normalized spacial score (nSPS) is 10.2. The Balaban J connectivity index is 2.29. The minimum absolute atomic E-state index is 0.0605. The van der Waals surface area contributed by atoms with Crippen LogP contribution in [0.3, 0.4) is 0 Å². The molecular formula is C18H19NO5S2. The molecule has 8 heteroatoms. The van der Waals surface area contributed by atoms with E-state index in [1.165, 1.54) is 17.4 Å². The summed E-state index contributed by atoms with van der Waals surface area (Å²) in [6, 6.07) is 3.72. The smallest absolute Gasteiger partial charge is 0.348 e. The maximum absolute atomic E-state index is 12.3. The van der Waals surface area contributed by atoms with E-state index in [0.29, 0.717) is 5.56 Å². The quantitative estimate of drug-likeness (QED) is 0.545. The van der Waals surface area contributed by atoms with Crippen LogP contribution in [-0.2, 0) is 20.7 Å². The summed E-state index contributed by atoms with van der Waals surface area (Å²) in [5.74, 6) is -1.43. The van der Waals surface area contributed by atoms with Crippen molar-refractivity contribution in [2.45, 2.75) is 20.3 Å². The molecule has 0 aromatic carbocycles. The van der Waals surface area contributed by atoms with Gasteiger partial charge in [-0.2, -0.15) is 0 Å². The van der Waals surface area contributed by atoms with Crippen LogP contribution in [0.15, 0.2) is 30.2 Å². The molecule has 0 unspecified atom stereocenters. The first-order valence-corrected chi connectivity index (χ1v) is 9.58. The zero-order valence-corrected chi connectivity index (χ0v) is 16.1. The highest BCUT2D eigenvalue weighted by Crippen LogP contribution is 2.34. The number of carbonyl (C=O) groups is 3. The molecular weight excluding hydrogens is 374 g/mol. The number of carbonyl (C=O) groups excluding carboxylic acids is 3. The summed E-state index contributed by atoms with van der Waals surface area (Å²) in [6.45, 7) is 7.06. The topological polar surface area (TPSA) is 81.7 Å². The Morgan fingerprint density at radius 1 is 1.27 bits per heavy atom. The first-order valence-electron chi connectivity index (χ1n) is 7.88. The van der Waals surface area contributed by atoms with Gasteiger partial charge in [-0.05, 0) is 30.9 Å². The number of amides is 1. The van der Waals surface area contributed by atoms with Crippen molar-refractivity contribution in [3.05, 3.63) is 51.0 Å². The van der Waals surface area contributed by atoms with E-state index in [9.17, 15) is 14.4 Å². The van der Waals surface area contributed by atoms with Gasteiger partial charge in [0.05, 0.1) is 18.6 Å². The molecule has 0 spiro atoms. The molecule has 0 aliphatic carbocycles. The minimum atomic E-state index is -0.588. The Hall–Kier alpha value is -2.45. The zero-order chi connectivity index (χ0) is 19.1. The molecule has 0 saturated carbocycles. The Bertz CT molecular complexity index is 808. The summed E-state index contributed by atoms with van der Waals surface area (Å²) in [6.07, 6.45) is 1.64. The summed E-state index contributed by atoms with van der Waals surface area (Å²) in [7, 11) is 0. The molecule has 2 aromatic heterocycles. The maximum Gasteiger partial charge on any atom is 0.348 e. The van der Waals surface area contributed by atoms with Crippen LogP contribution in [0.5, 0.6) is 0 Å². The maximum atomic E-state index is 12.3. The predicted octanol–water partition coefficient (Wildman–Crippen LogP) is 3.82. The van der Waals surface area contributed by atoms with Crippen molar-refractivity contribution in [2.75, 3.05) is 18.5 Å². The lowest BCUT2D eigenvalue weighted by atomic mass is 10.1. The summed E-state index contributed by atoms with van der Waals surface area (Å²) in [4.78, 5) is 37.9. The second kappa shape index (κ2) is 9.30. The van der Waals surface area contributed by atoms with Crippen molar-refractivity contribution in [2.24, 2.45) is 0 Å². The highest BCUT2D eigenvalue weighted by molar-refractivity contribution is 7.18. The van der Waals surface area contributed by atoms with Crippen LogP contribution in [0, 0.1) is 6.92 Å². The SMILES string of the molecule is C=CCOC(=O)c1sc(NC(=O)Cc2cccs2)c(C(=O)OCC)c1C. The minimum Gasteiger partial charge on any atom is -0.462 e. The van der Waals surface area contributed by atoms with Crippen LogP contribution in [-0.4, -0.2) is 31.1 Å². The van der Waals surface area contributed by atoms with Crippen molar-refractivity contribution in [1.82, 2.24) is 0 Å². The average molecular weight is 393 g/mol. The third kappa shape index (κ3) is 4.80. The van der Waals surface area contributed by atoms with Gasteiger partial charge in [0.1, 0.15) is 16.5 Å². The number of hydrogen-bond donors (Lipinski definition) is 1. The van der Waals surface area contributed by atoms with E-state index >= 15 is 0 Å². The lowest BCUT2D eigenvalue weighted by molar-refractivity contribution is -0.115. The molecule has 2 rings (SSSR count).